The fourth-order valence-corrected chi connectivity index (χ4v) is 1.91. The Hall–Kier alpha value is -1.74. The van der Waals surface area contributed by atoms with E-state index in [0.29, 0.717) is 11.9 Å². The van der Waals surface area contributed by atoms with Crippen LogP contribution in [0, 0.1) is 22.6 Å². The van der Waals surface area contributed by atoms with E-state index >= 15 is 0 Å². The summed E-state index contributed by atoms with van der Waals surface area (Å²) in [4.78, 5) is 0. The van der Waals surface area contributed by atoms with Crippen LogP contribution in [0.1, 0.15) is 12.8 Å². The van der Waals surface area contributed by atoms with Crippen molar-refractivity contribution in [3.63, 3.8) is 0 Å². The van der Waals surface area contributed by atoms with Gasteiger partial charge in [-0.1, -0.05) is 37.5 Å². The molecule has 0 radical (unpaired) electrons. The van der Waals surface area contributed by atoms with Gasteiger partial charge >= 0.3 is 0 Å². The van der Waals surface area contributed by atoms with Crippen LogP contribution in [-0.4, -0.2) is 6.71 Å². The molecular weight excluding hydrogens is 183 g/mol. The smallest absolute Gasteiger partial charge is 0.213 e. The number of nitrogens with zero attached hydrogens (tertiary/aromatic N) is 2. The Morgan fingerprint density at radius 2 is 2.20 bits per heavy atom. The highest BCUT2D eigenvalue weighted by molar-refractivity contribution is 6.67. The average Bonchev–Trinajstić information content (AvgIpc) is 2.49. The number of nitriles is 2. The second-order valence-corrected chi connectivity index (χ2v) is 3.72. The van der Waals surface area contributed by atoms with Gasteiger partial charge in [-0.05, 0) is 18.3 Å². The van der Waals surface area contributed by atoms with Crippen LogP contribution in [0.3, 0.4) is 0 Å². The van der Waals surface area contributed by atoms with E-state index in [4.69, 9.17) is 10.5 Å². The summed E-state index contributed by atoms with van der Waals surface area (Å²) in [5.74, 6) is 2.29. The second kappa shape index (κ2) is 5.22. The molecule has 1 aliphatic heterocycles. The van der Waals surface area contributed by atoms with Gasteiger partial charge in [-0.2, -0.15) is 5.26 Å². The average molecular weight is 196 g/mol. The molecular formula is C12H13BN2. The zero-order chi connectivity index (χ0) is 11.3. The zero-order valence-corrected chi connectivity index (χ0v) is 8.79. The molecule has 0 aromatic rings. The lowest BCUT2D eigenvalue weighted by atomic mass is 9.45. The van der Waals surface area contributed by atoms with E-state index in [1.807, 2.05) is 0 Å². The standard InChI is InChI=1S/C12H13BN2/c1-3-11-7-13(9-15)6-4-5-12(11)10(2)8-14/h3H,1-2,4-7H2. The van der Waals surface area contributed by atoms with Crippen LogP contribution in [0.2, 0.25) is 12.6 Å². The summed E-state index contributed by atoms with van der Waals surface area (Å²) in [5, 5.41) is 17.7. The Balaban J connectivity index is 3.03. The van der Waals surface area contributed by atoms with Gasteiger partial charge in [0.2, 0.25) is 0 Å². The number of rotatable bonds is 2. The lowest BCUT2D eigenvalue weighted by Crippen LogP contribution is -2.08. The molecule has 1 rings (SSSR count). The Kier molecular flexibility index (Phi) is 3.95. The van der Waals surface area contributed by atoms with Gasteiger partial charge < -0.3 is 0 Å². The maximum absolute atomic E-state index is 8.92. The number of hydrogen-bond acceptors (Lipinski definition) is 2. The molecule has 0 aromatic heterocycles. The molecule has 1 heterocycles. The van der Waals surface area contributed by atoms with Crippen molar-refractivity contribution in [3.05, 3.63) is 36.0 Å². The second-order valence-electron chi connectivity index (χ2n) is 3.72. The van der Waals surface area contributed by atoms with Gasteiger partial charge in [0.25, 0.3) is 6.71 Å². The van der Waals surface area contributed by atoms with Crippen LogP contribution < -0.4 is 0 Å². The maximum atomic E-state index is 8.92. The first-order chi connectivity index (χ1) is 7.22. The highest BCUT2D eigenvalue weighted by Crippen LogP contribution is 2.29. The molecule has 2 nitrogen and oxygen atoms in total. The van der Waals surface area contributed by atoms with Gasteiger partial charge in [-0.25, -0.2) is 5.26 Å². The first kappa shape index (κ1) is 11.3. The van der Waals surface area contributed by atoms with Crippen molar-refractivity contribution in [3.8, 4) is 12.0 Å². The maximum Gasteiger partial charge on any atom is 0.272 e. The Bertz CT molecular complexity index is 393. The van der Waals surface area contributed by atoms with Crippen LogP contribution in [0.15, 0.2) is 36.0 Å². The van der Waals surface area contributed by atoms with E-state index in [-0.39, 0.29) is 6.71 Å². The van der Waals surface area contributed by atoms with Crippen molar-refractivity contribution >= 4 is 6.71 Å². The van der Waals surface area contributed by atoms with E-state index in [1.165, 1.54) is 0 Å². The number of hydrogen-bond donors (Lipinski definition) is 0. The van der Waals surface area contributed by atoms with Crippen molar-refractivity contribution in [1.29, 1.82) is 10.5 Å². The summed E-state index contributed by atoms with van der Waals surface area (Å²) in [5.41, 5.74) is 2.53. The van der Waals surface area contributed by atoms with Crippen LogP contribution in [0.25, 0.3) is 0 Å². The fourth-order valence-electron chi connectivity index (χ4n) is 1.91. The van der Waals surface area contributed by atoms with Crippen molar-refractivity contribution < 1.29 is 0 Å². The van der Waals surface area contributed by atoms with Crippen LogP contribution in [-0.2, 0) is 0 Å². The third kappa shape index (κ3) is 2.61. The van der Waals surface area contributed by atoms with Gasteiger partial charge in [0.05, 0.1) is 6.07 Å². The third-order valence-corrected chi connectivity index (χ3v) is 2.76. The molecule has 0 unspecified atom stereocenters. The van der Waals surface area contributed by atoms with Crippen LogP contribution in [0.4, 0.5) is 0 Å². The topological polar surface area (TPSA) is 47.6 Å². The summed E-state index contributed by atoms with van der Waals surface area (Å²) >= 11 is 0. The molecule has 0 atom stereocenters. The monoisotopic (exact) mass is 196 g/mol. The van der Waals surface area contributed by atoms with E-state index in [1.54, 1.807) is 6.08 Å². The van der Waals surface area contributed by atoms with E-state index in [2.05, 4.69) is 25.2 Å². The summed E-state index contributed by atoms with van der Waals surface area (Å²) < 4.78 is 0. The highest BCUT2D eigenvalue weighted by atomic mass is 14.3. The fraction of sp³-hybridized carbons (Fsp3) is 0.333. The Labute approximate surface area is 91.3 Å². The van der Waals surface area contributed by atoms with Crippen LogP contribution >= 0.6 is 0 Å². The molecule has 0 N–H and O–H groups in total. The molecule has 0 aliphatic carbocycles. The van der Waals surface area contributed by atoms with E-state index in [0.717, 1.165) is 30.3 Å². The molecule has 0 spiro atoms. The molecule has 0 bridgehead atoms. The van der Waals surface area contributed by atoms with Crippen molar-refractivity contribution in [2.45, 2.75) is 25.5 Å². The van der Waals surface area contributed by atoms with Crippen molar-refractivity contribution in [1.82, 2.24) is 0 Å². The minimum absolute atomic E-state index is 0.0574. The molecule has 15 heavy (non-hydrogen) atoms. The summed E-state index contributed by atoms with van der Waals surface area (Å²) in [7, 11) is 0. The Morgan fingerprint density at radius 3 is 2.73 bits per heavy atom. The normalized spacial score (nSPS) is 16.3. The summed E-state index contributed by atoms with van der Waals surface area (Å²) in [6.45, 7) is 7.54. The largest absolute Gasteiger partial charge is 0.272 e. The van der Waals surface area contributed by atoms with Gasteiger partial charge in [-0.15, -0.1) is 0 Å². The molecule has 0 saturated carbocycles. The predicted molar refractivity (Wildman–Crippen MR) is 62.2 cm³/mol. The van der Waals surface area contributed by atoms with Gasteiger partial charge in [0.15, 0.2) is 0 Å². The zero-order valence-electron chi connectivity index (χ0n) is 8.79. The minimum atomic E-state index is 0.0574. The molecule has 0 aromatic carbocycles. The molecule has 74 valence electrons. The lowest BCUT2D eigenvalue weighted by Gasteiger charge is -2.06. The van der Waals surface area contributed by atoms with Crippen molar-refractivity contribution in [2.75, 3.05) is 0 Å². The Morgan fingerprint density at radius 1 is 1.47 bits per heavy atom. The van der Waals surface area contributed by atoms with E-state index in [9.17, 15) is 0 Å². The van der Waals surface area contributed by atoms with Gasteiger partial charge in [0.1, 0.15) is 0 Å². The highest BCUT2D eigenvalue weighted by Gasteiger charge is 2.21. The van der Waals surface area contributed by atoms with Crippen LogP contribution in [0.5, 0.6) is 0 Å². The SMILES string of the molecule is C=CC1=C(C(=C)C#N)CCCB(C#N)C1. The minimum Gasteiger partial charge on any atom is -0.213 e. The quantitative estimate of drug-likeness (QED) is 0.503. The summed E-state index contributed by atoms with van der Waals surface area (Å²) in [6.07, 6.45) is 5.15. The molecule has 0 amide bonds. The first-order valence-electron chi connectivity index (χ1n) is 5.06. The molecule has 0 saturated heterocycles. The number of allylic oxidation sites excluding steroid dienone is 4. The van der Waals surface area contributed by atoms with E-state index < -0.39 is 0 Å². The van der Waals surface area contributed by atoms with Gasteiger partial charge in [-0.3, -0.25) is 0 Å². The lowest BCUT2D eigenvalue weighted by molar-refractivity contribution is 0.914. The third-order valence-electron chi connectivity index (χ3n) is 2.76. The molecule has 0 fully saturated rings. The predicted octanol–water partition coefficient (Wildman–Crippen LogP) is 2.90. The molecule has 3 heteroatoms. The molecule has 1 aliphatic rings. The van der Waals surface area contributed by atoms with Crippen molar-refractivity contribution in [2.24, 2.45) is 0 Å². The first-order valence-corrected chi connectivity index (χ1v) is 5.06. The summed E-state index contributed by atoms with van der Waals surface area (Å²) in [6, 6.07) is 2.08. The van der Waals surface area contributed by atoms with Gasteiger partial charge in [0, 0.05) is 11.5 Å².